The molecule has 0 bridgehead atoms. The molecule has 1 aromatic carbocycles. The van der Waals surface area contributed by atoms with Gasteiger partial charge in [-0.1, -0.05) is 37.6 Å². The molecule has 1 rings (SSSR count). The van der Waals surface area contributed by atoms with E-state index in [4.69, 9.17) is 11.6 Å². The number of amides is 1. The lowest BCUT2D eigenvalue weighted by molar-refractivity contribution is -0.130. The van der Waals surface area contributed by atoms with Gasteiger partial charge in [-0.3, -0.25) is 4.79 Å². The molecule has 1 aromatic rings. The van der Waals surface area contributed by atoms with Gasteiger partial charge < -0.3 is 15.7 Å². The molecular weight excluding hydrogens is 264 g/mol. The highest BCUT2D eigenvalue weighted by molar-refractivity contribution is 6.30. The van der Waals surface area contributed by atoms with Gasteiger partial charge >= 0.3 is 0 Å². The predicted molar refractivity (Wildman–Crippen MR) is 77.0 cm³/mol. The summed E-state index contributed by atoms with van der Waals surface area (Å²) in [5.41, 5.74) is 0.900. The van der Waals surface area contributed by atoms with E-state index < -0.39 is 6.10 Å². The highest BCUT2D eigenvalue weighted by Gasteiger charge is 2.22. The fourth-order valence-electron chi connectivity index (χ4n) is 1.78. The van der Waals surface area contributed by atoms with Gasteiger partial charge in [-0.05, 0) is 24.6 Å². The molecule has 0 radical (unpaired) electrons. The monoisotopic (exact) mass is 284 g/mol. The van der Waals surface area contributed by atoms with E-state index in [-0.39, 0.29) is 18.0 Å². The summed E-state index contributed by atoms with van der Waals surface area (Å²) in [6.45, 7) is 6.06. The Morgan fingerprint density at radius 2 is 2.05 bits per heavy atom. The minimum atomic E-state index is -1.07. The van der Waals surface area contributed by atoms with Gasteiger partial charge in [0.2, 0.25) is 0 Å². The van der Waals surface area contributed by atoms with Gasteiger partial charge in [0.05, 0.1) is 0 Å². The van der Waals surface area contributed by atoms with Crippen molar-refractivity contribution in [3.63, 3.8) is 0 Å². The van der Waals surface area contributed by atoms with Gasteiger partial charge in [0.1, 0.15) is 6.10 Å². The van der Waals surface area contributed by atoms with Crippen molar-refractivity contribution in [2.24, 2.45) is 0 Å². The Hall–Kier alpha value is -1.10. The van der Waals surface area contributed by atoms with Crippen LogP contribution in [0.2, 0.25) is 5.02 Å². The maximum absolute atomic E-state index is 11.8. The molecule has 106 valence electrons. The summed E-state index contributed by atoms with van der Waals surface area (Å²) in [6, 6.07) is 7.17. The Morgan fingerprint density at radius 3 is 2.63 bits per heavy atom. The number of hydrogen-bond acceptors (Lipinski definition) is 3. The summed E-state index contributed by atoms with van der Waals surface area (Å²) in [7, 11) is 0. The number of benzene rings is 1. The van der Waals surface area contributed by atoms with Crippen molar-refractivity contribution in [3.8, 4) is 0 Å². The number of carbonyl (C=O) groups excluding carboxylic acids is 1. The van der Waals surface area contributed by atoms with E-state index in [2.05, 4.69) is 10.6 Å². The number of carbonyl (C=O) groups is 1. The van der Waals surface area contributed by atoms with Crippen molar-refractivity contribution in [1.82, 2.24) is 10.6 Å². The van der Waals surface area contributed by atoms with E-state index >= 15 is 0 Å². The fourth-order valence-corrected chi connectivity index (χ4v) is 2.00. The first kappa shape index (κ1) is 16.0. The number of hydrogen-bond donors (Lipinski definition) is 3. The quantitative estimate of drug-likeness (QED) is 0.745. The van der Waals surface area contributed by atoms with E-state index in [0.29, 0.717) is 11.6 Å². The van der Waals surface area contributed by atoms with E-state index in [0.717, 1.165) is 5.56 Å². The Kier molecular flexibility index (Phi) is 6.28. The second-order valence-corrected chi connectivity index (χ2v) is 5.34. The second-order valence-electron chi connectivity index (χ2n) is 4.90. The minimum Gasteiger partial charge on any atom is -0.382 e. The Morgan fingerprint density at radius 1 is 1.37 bits per heavy atom. The molecule has 2 atom stereocenters. The van der Waals surface area contributed by atoms with E-state index in [1.165, 1.54) is 0 Å². The van der Waals surface area contributed by atoms with Crippen LogP contribution >= 0.6 is 11.6 Å². The van der Waals surface area contributed by atoms with Crippen molar-refractivity contribution in [3.05, 3.63) is 34.9 Å². The predicted octanol–water partition coefficient (Wildman–Crippen LogP) is 1.70. The van der Waals surface area contributed by atoms with Crippen LogP contribution in [0.15, 0.2) is 24.3 Å². The van der Waals surface area contributed by atoms with Crippen molar-refractivity contribution < 1.29 is 9.90 Å². The zero-order valence-electron chi connectivity index (χ0n) is 11.5. The zero-order valence-corrected chi connectivity index (χ0v) is 12.2. The summed E-state index contributed by atoms with van der Waals surface area (Å²) in [4.78, 5) is 11.8. The molecule has 0 fully saturated rings. The Bertz CT molecular complexity index is 424. The van der Waals surface area contributed by atoms with Crippen LogP contribution in [0.1, 0.15) is 26.3 Å². The molecule has 4 nitrogen and oxygen atoms in total. The lowest BCUT2D eigenvalue weighted by Crippen LogP contribution is -2.48. The van der Waals surface area contributed by atoms with Crippen molar-refractivity contribution in [2.45, 2.75) is 45.5 Å². The third-order valence-corrected chi connectivity index (χ3v) is 2.93. The smallest absolute Gasteiger partial charge is 0.250 e. The van der Waals surface area contributed by atoms with Crippen LogP contribution < -0.4 is 10.6 Å². The normalized spacial score (nSPS) is 14.2. The van der Waals surface area contributed by atoms with Crippen LogP contribution in [0.3, 0.4) is 0 Å². The lowest BCUT2D eigenvalue weighted by Gasteiger charge is -2.21. The van der Waals surface area contributed by atoms with Gasteiger partial charge in [-0.15, -0.1) is 0 Å². The molecule has 0 heterocycles. The van der Waals surface area contributed by atoms with Gasteiger partial charge in [0.25, 0.3) is 5.91 Å². The molecule has 3 N–H and O–H groups in total. The van der Waals surface area contributed by atoms with Crippen LogP contribution in [-0.2, 0) is 11.3 Å². The Labute approximate surface area is 119 Å². The standard InChI is InChI=1S/C14H21ClN2O2/c1-9(2)17-10(3)13(18)14(19)16-8-11-5-4-6-12(15)7-11/h4-7,9-10,13,17-18H,8H2,1-3H3,(H,16,19). The van der Waals surface area contributed by atoms with Crippen molar-refractivity contribution >= 4 is 17.5 Å². The first-order chi connectivity index (χ1) is 8.90. The molecule has 0 aliphatic carbocycles. The molecule has 5 heteroatoms. The number of halogens is 1. The van der Waals surface area contributed by atoms with E-state index in [1.807, 2.05) is 26.0 Å². The number of rotatable bonds is 6. The van der Waals surface area contributed by atoms with Crippen molar-refractivity contribution in [1.29, 1.82) is 0 Å². The topological polar surface area (TPSA) is 61.4 Å². The first-order valence-electron chi connectivity index (χ1n) is 6.36. The summed E-state index contributed by atoms with van der Waals surface area (Å²) < 4.78 is 0. The van der Waals surface area contributed by atoms with Gasteiger partial charge in [-0.2, -0.15) is 0 Å². The first-order valence-corrected chi connectivity index (χ1v) is 6.74. The maximum Gasteiger partial charge on any atom is 0.250 e. The van der Waals surface area contributed by atoms with Gasteiger partial charge in [0, 0.05) is 23.7 Å². The van der Waals surface area contributed by atoms with Crippen LogP contribution in [0.5, 0.6) is 0 Å². The van der Waals surface area contributed by atoms with E-state index in [1.54, 1.807) is 19.1 Å². The third kappa shape index (κ3) is 5.59. The maximum atomic E-state index is 11.8. The summed E-state index contributed by atoms with van der Waals surface area (Å²) in [6.07, 6.45) is -1.07. The van der Waals surface area contributed by atoms with Crippen LogP contribution in [0.4, 0.5) is 0 Å². The van der Waals surface area contributed by atoms with Gasteiger partial charge in [-0.25, -0.2) is 0 Å². The average Bonchev–Trinajstić information content (AvgIpc) is 2.34. The molecule has 19 heavy (non-hydrogen) atoms. The highest BCUT2D eigenvalue weighted by atomic mass is 35.5. The van der Waals surface area contributed by atoms with Crippen molar-refractivity contribution in [2.75, 3.05) is 0 Å². The molecule has 0 saturated heterocycles. The lowest BCUT2D eigenvalue weighted by atomic mass is 10.1. The molecule has 0 aliphatic rings. The third-order valence-electron chi connectivity index (χ3n) is 2.69. The molecule has 1 amide bonds. The van der Waals surface area contributed by atoms with Crippen LogP contribution in [0.25, 0.3) is 0 Å². The summed E-state index contributed by atoms with van der Waals surface area (Å²) in [5.74, 6) is -0.388. The number of aliphatic hydroxyl groups is 1. The van der Waals surface area contributed by atoms with Crippen LogP contribution in [-0.4, -0.2) is 29.2 Å². The molecule has 0 aliphatic heterocycles. The molecule has 2 unspecified atom stereocenters. The summed E-state index contributed by atoms with van der Waals surface area (Å²) >= 11 is 5.86. The second kappa shape index (κ2) is 7.48. The minimum absolute atomic E-state index is 0.213. The fraction of sp³-hybridized carbons (Fsp3) is 0.500. The Balaban J connectivity index is 2.46. The molecular formula is C14H21ClN2O2. The summed E-state index contributed by atoms with van der Waals surface area (Å²) in [5, 5.41) is 16.3. The molecule has 0 spiro atoms. The largest absolute Gasteiger partial charge is 0.382 e. The van der Waals surface area contributed by atoms with Gasteiger partial charge in [0.15, 0.2) is 0 Å². The molecule has 0 saturated carbocycles. The SMILES string of the molecule is CC(C)NC(C)C(O)C(=O)NCc1cccc(Cl)c1. The number of nitrogens with one attached hydrogen (secondary N) is 2. The van der Waals surface area contributed by atoms with Crippen LogP contribution in [0, 0.1) is 0 Å². The highest BCUT2D eigenvalue weighted by Crippen LogP contribution is 2.10. The zero-order chi connectivity index (χ0) is 14.4. The average molecular weight is 285 g/mol. The molecule has 0 aromatic heterocycles. The van der Waals surface area contributed by atoms with E-state index in [9.17, 15) is 9.90 Å². The number of aliphatic hydroxyl groups excluding tert-OH is 1.